The number of anilines is 3. The summed E-state index contributed by atoms with van der Waals surface area (Å²) in [7, 11) is 0. The van der Waals surface area contributed by atoms with E-state index in [1.54, 1.807) is 0 Å². The summed E-state index contributed by atoms with van der Waals surface area (Å²) in [4.78, 5) is 2.30. The Hall–Kier alpha value is -6.62. The number of hydrogen-bond acceptors (Lipinski definition) is 3. The average molecular weight is 683 g/mol. The minimum atomic E-state index is 0.878. The van der Waals surface area contributed by atoms with Crippen molar-refractivity contribution in [2.75, 3.05) is 4.90 Å². The molecule has 11 aromatic rings. The van der Waals surface area contributed by atoms with E-state index < -0.39 is 0 Å². The van der Waals surface area contributed by atoms with Crippen molar-refractivity contribution in [3.8, 4) is 16.8 Å². The van der Waals surface area contributed by atoms with Crippen LogP contribution in [0.1, 0.15) is 0 Å². The van der Waals surface area contributed by atoms with Gasteiger partial charge < -0.3 is 13.9 Å². The molecule has 0 spiro atoms. The van der Waals surface area contributed by atoms with E-state index in [-0.39, 0.29) is 0 Å². The molecule has 0 bridgehead atoms. The molecule has 0 fully saturated rings. The molecule has 3 aromatic heterocycles. The van der Waals surface area contributed by atoms with E-state index >= 15 is 0 Å². The van der Waals surface area contributed by atoms with Gasteiger partial charge >= 0.3 is 0 Å². The SMILES string of the molecule is c1ccc(N(c2ccccc2)c2ccc3oc4cc5c6ccccc6n(-c6ccc(-c7cccc8c7sc7ccccc78)cc6)c5cc4c3c2)cc1. The van der Waals surface area contributed by atoms with Gasteiger partial charge in [-0.1, -0.05) is 103 Å². The van der Waals surface area contributed by atoms with Crippen molar-refractivity contribution in [2.45, 2.75) is 0 Å². The van der Waals surface area contributed by atoms with Crippen LogP contribution in [0.15, 0.2) is 186 Å². The van der Waals surface area contributed by atoms with Gasteiger partial charge in [-0.2, -0.15) is 0 Å². The second-order valence-corrected chi connectivity index (χ2v) is 14.4. The summed E-state index contributed by atoms with van der Waals surface area (Å²) in [5.74, 6) is 0. The average Bonchev–Trinajstić information content (AvgIpc) is 3.87. The second-order valence-electron chi connectivity index (χ2n) is 13.3. The van der Waals surface area contributed by atoms with Gasteiger partial charge in [0.2, 0.25) is 0 Å². The predicted molar refractivity (Wildman–Crippen MR) is 221 cm³/mol. The van der Waals surface area contributed by atoms with Crippen LogP contribution in [-0.4, -0.2) is 4.57 Å². The number of hydrogen-bond donors (Lipinski definition) is 0. The smallest absolute Gasteiger partial charge is 0.136 e. The molecule has 0 amide bonds. The van der Waals surface area contributed by atoms with E-state index in [1.165, 1.54) is 47.6 Å². The van der Waals surface area contributed by atoms with E-state index in [2.05, 4.69) is 191 Å². The third kappa shape index (κ3) is 4.45. The number of nitrogens with zero attached hydrogens (tertiary/aromatic N) is 2. The summed E-state index contributed by atoms with van der Waals surface area (Å²) in [5, 5.41) is 7.22. The first-order valence-corrected chi connectivity index (χ1v) is 18.4. The van der Waals surface area contributed by atoms with E-state index in [0.29, 0.717) is 0 Å². The Bertz CT molecular complexity index is 3080. The lowest BCUT2D eigenvalue weighted by Crippen LogP contribution is -2.09. The Morgan fingerprint density at radius 3 is 1.88 bits per heavy atom. The molecule has 3 nitrogen and oxygen atoms in total. The molecule has 11 rings (SSSR count). The van der Waals surface area contributed by atoms with Gasteiger partial charge in [0.15, 0.2) is 0 Å². The van der Waals surface area contributed by atoms with Crippen molar-refractivity contribution in [3.63, 3.8) is 0 Å². The molecule has 0 saturated carbocycles. The highest BCUT2D eigenvalue weighted by Gasteiger charge is 2.19. The number of fused-ring (bicyclic) bond motifs is 9. The topological polar surface area (TPSA) is 21.3 Å². The summed E-state index contributed by atoms with van der Waals surface area (Å²) in [5.41, 5.74) is 11.0. The monoisotopic (exact) mass is 682 g/mol. The van der Waals surface area contributed by atoms with Gasteiger partial charge in [-0.3, -0.25) is 0 Å². The minimum absolute atomic E-state index is 0.878. The van der Waals surface area contributed by atoms with Gasteiger partial charge in [0.25, 0.3) is 0 Å². The fourth-order valence-corrected chi connectivity index (χ4v) is 9.25. The quantitative estimate of drug-likeness (QED) is 0.180. The third-order valence-corrected chi connectivity index (χ3v) is 11.6. The van der Waals surface area contributed by atoms with Crippen LogP contribution in [0.25, 0.3) is 80.7 Å². The fraction of sp³-hybridized carbons (Fsp3) is 0. The Labute approximate surface area is 303 Å². The largest absolute Gasteiger partial charge is 0.456 e. The van der Waals surface area contributed by atoms with Crippen molar-refractivity contribution in [3.05, 3.63) is 182 Å². The lowest BCUT2D eigenvalue weighted by Gasteiger charge is -2.25. The maximum atomic E-state index is 6.57. The maximum Gasteiger partial charge on any atom is 0.136 e. The van der Waals surface area contributed by atoms with Crippen LogP contribution in [-0.2, 0) is 0 Å². The van der Waals surface area contributed by atoms with Gasteiger partial charge in [-0.25, -0.2) is 0 Å². The molecule has 52 heavy (non-hydrogen) atoms. The molecular formula is C48H30N2OS. The number of rotatable bonds is 5. The second kappa shape index (κ2) is 11.5. The zero-order valence-electron chi connectivity index (χ0n) is 28.0. The van der Waals surface area contributed by atoms with Crippen molar-refractivity contribution in [2.24, 2.45) is 0 Å². The Kier molecular flexibility index (Phi) is 6.42. The first kappa shape index (κ1) is 29.1. The van der Waals surface area contributed by atoms with Crippen molar-refractivity contribution < 1.29 is 4.42 Å². The molecule has 0 aliphatic carbocycles. The van der Waals surface area contributed by atoms with Gasteiger partial charge in [-0.15, -0.1) is 11.3 Å². The first-order valence-electron chi connectivity index (χ1n) is 17.6. The van der Waals surface area contributed by atoms with Crippen LogP contribution in [0.3, 0.4) is 0 Å². The van der Waals surface area contributed by atoms with Gasteiger partial charge in [0.1, 0.15) is 11.2 Å². The highest BCUT2D eigenvalue weighted by molar-refractivity contribution is 7.26. The van der Waals surface area contributed by atoms with Crippen molar-refractivity contribution in [1.29, 1.82) is 0 Å². The number of furan rings is 1. The standard InChI is InChI=1S/C48H30N2OS/c1-3-12-32(13-4-1)49(33-14-5-2-6-15-33)35-26-27-45-41(28-35)42-29-44-40(30-46(42)51-45)37-16-7-9-20-43(37)50(44)34-24-22-31(23-25-34)36-18-11-19-39-38-17-8-10-21-47(38)52-48(36)39/h1-30H. The molecule has 0 radical (unpaired) electrons. The van der Waals surface area contributed by atoms with Crippen LogP contribution in [0.4, 0.5) is 17.1 Å². The highest BCUT2D eigenvalue weighted by Crippen LogP contribution is 2.43. The number of para-hydroxylation sites is 3. The van der Waals surface area contributed by atoms with E-state index in [0.717, 1.165) is 50.2 Å². The summed E-state index contributed by atoms with van der Waals surface area (Å²) in [6.07, 6.45) is 0. The van der Waals surface area contributed by atoms with Crippen LogP contribution in [0.2, 0.25) is 0 Å². The first-order chi connectivity index (χ1) is 25.8. The van der Waals surface area contributed by atoms with Crippen molar-refractivity contribution >= 4 is 92.3 Å². The Morgan fingerprint density at radius 2 is 1.10 bits per heavy atom. The van der Waals surface area contributed by atoms with Crippen LogP contribution in [0.5, 0.6) is 0 Å². The Balaban J connectivity index is 1.08. The third-order valence-electron chi connectivity index (χ3n) is 10.4. The van der Waals surface area contributed by atoms with Crippen LogP contribution < -0.4 is 4.90 Å². The molecular weight excluding hydrogens is 653 g/mol. The molecule has 0 aliphatic heterocycles. The van der Waals surface area contributed by atoms with E-state index in [4.69, 9.17) is 4.42 Å². The maximum absolute atomic E-state index is 6.57. The molecule has 0 N–H and O–H groups in total. The lowest BCUT2D eigenvalue weighted by atomic mass is 10.0. The number of thiophene rings is 1. The molecule has 8 aromatic carbocycles. The normalized spacial score (nSPS) is 11.8. The number of benzene rings is 8. The van der Waals surface area contributed by atoms with Crippen LogP contribution >= 0.6 is 11.3 Å². The molecule has 0 saturated heterocycles. The molecule has 0 aliphatic rings. The highest BCUT2D eigenvalue weighted by atomic mass is 32.1. The van der Waals surface area contributed by atoms with E-state index in [1.807, 2.05) is 11.3 Å². The molecule has 4 heteroatoms. The Morgan fingerprint density at radius 1 is 0.423 bits per heavy atom. The predicted octanol–water partition coefficient (Wildman–Crippen LogP) is 14.2. The number of aromatic nitrogens is 1. The van der Waals surface area contributed by atoms with Gasteiger partial charge in [0.05, 0.1) is 11.0 Å². The summed E-state index contributed by atoms with van der Waals surface area (Å²) < 4.78 is 11.6. The summed E-state index contributed by atoms with van der Waals surface area (Å²) in [6.45, 7) is 0. The fourth-order valence-electron chi connectivity index (χ4n) is 8.01. The zero-order valence-corrected chi connectivity index (χ0v) is 28.8. The summed E-state index contributed by atoms with van der Waals surface area (Å²) >= 11 is 1.87. The molecule has 0 atom stereocenters. The summed E-state index contributed by atoms with van der Waals surface area (Å²) in [6, 6.07) is 65.3. The zero-order chi connectivity index (χ0) is 34.2. The van der Waals surface area contributed by atoms with Crippen LogP contribution in [0, 0.1) is 0 Å². The van der Waals surface area contributed by atoms with E-state index in [9.17, 15) is 0 Å². The molecule has 3 heterocycles. The lowest BCUT2D eigenvalue weighted by molar-refractivity contribution is 0.669. The van der Waals surface area contributed by atoms with Gasteiger partial charge in [0, 0.05) is 64.5 Å². The molecule has 244 valence electrons. The molecule has 0 unspecified atom stereocenters. The van der Waals surface area contributed by atoms with Gasteiger partial charge in [-0.05, 0) is 90.0 Å². The minimum Gasteiger partial charge on any atom is -0.456 e. The van der Waals surface area contributed by atoms with Crippen molar-refractivity contribution in [1.82, 2.24) is 4.57 Å².